The summed E-state index contributed by atoms with van der Waals surface area (Å²) in [5, 5.41) is 0.218. The van der Waals surface area contributed by atoms with Crippen LogP contribution in [0.3, 0.4) is 0 Å². The second-order valence-electron chi connectivity index (χ2n) is 4.37. The molecule has 0 N–H and O–H groups in total. The standard InChI is InChI=1S/C11H14ClN3O/c1-7-3-8(7)4-15(2)11-9(5-16)10(12)13-6-14-11/h5-8H,3-4H2,1-2H3. The first kappa shape index (κ1) is 11.3. The van der Waals surface area contributed by atoms with Crippen molar-refractivity contribution in [3.8, 4) is 0 Å². The van der Waals surface area contributed by atoms with Crippen molar-refractivity contribution in [1.29, 1.82) is 0 Å². The molecule has 0 spiro atoms. The van der Waals surface area contributed by atoms with Gasteiger partial charge in [0.1, 0.15) is 17.3 Å². The van der Waals surface area contributed by atoms with E-state index in [2.05, 4.69) is 16.9 Å². The van der Waals surface area contributed by atoms with Crippen LogP contribution in [0.15, 0.2) is 6.33 Å². The quantitative estimate of drug-likeness (QED) is 0.596. The van der Waals surface area contributed by atoms with Gasteiger partial charge < -0.3 is 4.90 Å². The number of hydrogen-bond acceptors (Lipinski definition) is 4. The van der Waals surface area contributed by atoms with Crippen LogP contribution in [0.5, 0.6) is 0 Å². The van der Waals surface area contributed by atoms with E-state index < -0.39 is 0 Å². The summed E-state index contributed by atoms with van der Waals surface area (Å²) in [5.74, 6) is 2.10. The number of nitrogens with zero attached hydrogens (tertiary/aromatic N) is 3. The molecule has 4 nitrogen and oxygen atoms in total. The molecule has 1 aromatic heterocycles. The first-order chi connectivity index (χ1) is 7.63. The summed E-state index contributed by atoms with van der Waals surface area (Å²) in [6.45, 7) is 3.14. The zero-order valence-corrected chi connectivity index (χ0v) is 10.1. The van der Waals surface area contributed by atoms with Crippen LogP contribution in [0, 0.1) is 11.8 Å². The lowest BCUT2D eigenvalue weighted by Crippen LogP contribution is -2.23. The average Bonchev–Trinajstić information content (AvgIpc) is 2.93. The van der Waals surface area contributed by atoms with Crippen LogP contribution in [0.25, 0.3) is 0 Å². The number of anilines is 1. The minimum atomic E-state index is 0.218. The minimum absolute atomic E-state index is 0.218. The van der Waals surface area contributed by atoms with Gasteiger partial charge in [0, 0.05) is 13.6 Å². The summed E-state index contributed by atoms with van der Waals surface area (Å²) in [5.41, 5.74) is 0.375. The van der Waals surface area contributed by atoms with E-state index in [1.165, 1.54) is 12.7 Å². The van der Waals surface area contributed by atoms with Crippen molar-refractivity contribution in [3.05, 3.63) is 17.0 Å². The molecule has 2 rings (SSSR count). The fourth-order valence-corrected chi connectivity index (χ4v) is 2.04. The van der Waals surface area contributed by atoms with E-state index in [4.69, 9.17) is 11.6 Å². The molecule has 0 radical (unpaired) electrons. The molecule has 0 bridgehead atoms. The van der Waals surface area contributed by atoms with Crippen LogP contribution in [0.1, 0.15) is 23.7 Å². The summed E-state index contributed by atoms with van der Waals surface area (Å²) in [7, 11) is 1.93. The van der Waals surface area contributed by atoms with E-state index in [0.717, 1.165) is 12.5 Å². The van der Waals surface area contributed by atoms with Gasteiger partial charge in [-0.05, 0) is 18.3 Å². The summed E-state index contributed by atoms with van der Waals surface area (Å²) < 4.78 is 0. The van der Waals surface area contributed by atoms with Gasteiger partial charge in [0.15, 0.2) is 6.29 Å². The molecule has 1 aliphatic rings. The number of hydrogen-bond donors (Lipinski definition) is 0. The highest BCUT2D eigenvalue weighted by molar-refractivity contribution is 6.32. The van der Waals surface area contributed by atoms with Gasteiger partial charge in [-0.15, -0.1) is 0 Å². The highest BCUT2D eigenvalue weighted by Gasteiger charge is 2.33. The lowest BCUT2D eigenvalue weighted by Gasteiger charge is -2.19. The van der Waals surface area contributed by atoms with E-state index in [-0.39, 0.29) is 5.15 Å². The maximum absolute atomic E-state index is 10.9. The van der Waals surface area contributed by atoms with Crippen molar-refractivity contribution >= 4 is 23.7 Å². The summed E-state index contributed by atoms with van der Waals surface area (Å²) in [6, 6.07) is 0. The molecule has 2 unspecified atom stereocenters. The second kappa shape index (κ2) is 4.37. The Kier molecular flexibility index (Phi) is 3.10. The fraction of sp³-hybridized carbons (Fsp3) is 0.545. The Morgan fingerprint density at radius 3 is 2.88 bits per heavy atom. The molecule has 86 valence electrons. The van der Waals surface area contributed by atoms with Crippen LogP contribution in [-0.4, -0.2) is 29.8 Å². The number of carbonyl (C=O) groups is 1. The van der Waals surface area contributed by atoms with Gasteiger partial charge in [0.25, 0.3) is 0 Å². The van der Waals surface area contributed by atoms with Gasteiger partial charge in [0.2, 0.25) is 0 Å². The number of carbonyl (C=O) groups excluding carboxylic acids is 1. The molecule has 2 atom stereocenters. The van der Waals surface area contributed by atoms with Crippen molar-refractivity contribution in [2.24, 2.45) is 11.8 Å². The fourth-order valence-electron chi connectivity index (χ4n) is 1.86. The molecular weight excluding hydrogens is 226 g/mol. The van der Waals surface area contributed by atoms with Crippen molar-refractivity contribution in [2.75, 3.05) is 18.5 Å². The van der Waals surface area contributed by atoms with E-state index in [9.17, 15) is 4.79 Å². The summed E-state index contributed by atoms with van der Waals surface area (Å²) in [4.78, 5) is 20.8. The van der Waals surface area contributed by atoms with Crippen molar-refractivity contribution in [2.45, 2.75) is 13.3 Å². The molecule has 0 aromatic carbocycles. The zero-order chi connectivity index (χ0) is 11.7. The van der Waals surface area contributed by atoms with Gasteiger partial charge >= 0.3 is 0 Å². The molecule has 0 aliphatic heterocycles. The SMILES string of the molecule is CC1CC1CN(C)c1ncnc(Cl)c1C=O. The molecule has 16 heavy (non-hydrogen) atoms. The Balaban J connectivity index is 2.18. The molecule has 1 saturated carbocycles. The van der Waals surface area contributed by atoms with E-state index in [1.54, 1.807) is 0 Å². The van der Waals surface area contributed by atoms with E-state index in [0.29, 0.717) is 23.6 Å². The lowest BCUT2D eigenvalue weighted by atomic mass is 10.3. The summed E-state index contributed by atoms with van der Waals surface area (Å²) in [6.07, 6.45) is 3.35. The first-order valence-corrected chi connectivity index (χ1v) is 5.68. The zero-order valence-electron chi connectivity index (χ0n) is 9.35. The molecule has 5 heteroatoms. The van der Waals surface area contributed by atoms with Crippen molar-refractivity contribution in [1.82, 2.24) is 9.97 Å². The van der Waals surface area contributed by atoms with Gasteiger partial charge in [-0.1, -0.05) is 18.5 Å². The predicted molar refractivity (Wildman–Crippen MR) is 63.0 cm³/mol. The third-order valence-corrected chi connectivity index (χ3v) is 3.38. The van der Waals surface area contributed by atoms with Crippen LogP contribution >= 0.6 is 11.6 Å². The molecule has 1 aromatic rings. The van der Waals surface area contributed by atoms with Crippen molar-refractivity contribution < 1.29 is 4.79 Å². The smallest absolute Gasteiger partial charge is 0.156 e. The maximum atomic E-state index is 10.9. The monoisotopic (exact) mass is 239 g/mol. The lowest BCUT2D eigenvalue weighted by molar-refractivity contribution is 0.112. The Bertz CT molecular complexity index is 410. The van der Waals surface area contributed by atoms with Crippen molar-refractivity contribution in [3.63, 3.8) is 0 Å². The van der Waals surface area contributed by atoms with E-state index >= 15 is 0 Å². The van der Waals surface area contributed by atoms with Crippen LogP contribution < -0.4 is 4.90 Å². The Hall–Kier alpha value is -1.16. The van der Waals surface area contributed by atoms with Gasteiger partial charge in [-0.2, -0.15) is 0 Å². The molecule has 0 amide bonds. The van der Waals surface area contributed by atoms with Gasteiger partial charge in [-0.3, -0.25) is 4.79 Å². The first-order valence-electron chi connectivity index (χ1n) is 5.30. The molecular formula is C11H14ClN3O. The van der Waals surface area contributed by atoms with Gasteiger partial charge in [0.05, 0.1) is 5.56 Å². The number of aromatic nitrogens is 2. The molecule has 1 aliphatic carbocycles. The average molecular weight is 240 g/mol. The van der Waals surface area contributed by atoms with Crippen LogP contribution in [0.2, 0.25) is 5.15 Å². The largest absolute Gasteiger partial charge is 0.359 e. The number of rotatable bonds is 4. The topological polar surface area (TPSA) is 46.1 Å². The molecule has 0 saturated heterocycles. The molecule has 1 fully saturated rings. The highest BCUT2D eigenvalue weighted by Crippen LogP contribution is 2.38. The number of halogens is 1. The normalized spacial score (nSPS) is 22.9. The Morgan fingerprint density at radius 1 is 1.62 bits per heavy atom. The highest BCUT2D eigenvalue weighted by atomic mass is 35.5. The summed E-state index contributed by atoms with van der Waals surface area (Å²) >= 11 is 5.85. The minimum Gasteiger partial charge on any atom is -0.359 e. The van der Waals surface area contributed by atoms with E-state index in [1.807, 2.05) is 11.9 Å². The predicted octanol–water partition coefficient (Wildman–Crippen LogP) is 2.03. The van der Waals surface area contributed by atoms with Gasteiger partial charge in [-0.25, -0.2) is 9.97 Å². The second-order valence-corrected chi connectivity index (χ2v) is 4.73. The molecule has 1 heterocycles. The third kappa shape index (κ3) is 2.16. The Labute approximate surface area is 99.6 Å². The maximum Gasteiger partial charge on any atom is 0.156 e. The Morgan fingerprint density at radius 2 is 2.31 bits per heavy atom. The third-order valence-electron chi connectivity index (χ3n) is 3.08. The van der Waals surface area contributed by atoms with Crippen LogP contribution in [-0.2, 0) is 0 Å². The number of aldehydes is 1. The van der Waals surface area contributed by atoms with Crippen LogP contribution in [0.4, 0.5) is 5.82 Å².